The van der Waals surface area contributed by atoms with Crippen molar-refractivity contribution >= 4 is 41.6 Å². The van der Waals surface area contributed by atoms with E-state index in [1.165, 1.54) is 0 Å². The lowest BCUT2D eigenvalue weighted by molar-refractivity contribution is -0.154. The van der Waals surface area contributed by atoms with Crippen molar-refractivity contribution in [2.45, 2.75) is 52.7 Å². The molecule has 0 saturated carbocycles. The number of benzene rings is 1. The second kappa shape index (κ2) is 10.4. The summed E-state index contributed by atoms with van der Waals surface area (Å²) in [6, 6.07) is 7.43. The van der Waals surface area contributed by atoms with Crippen LogP contribution in [0.25, 0.3) is 0 Å². The topological polar surface area (TPSA) is 85.9 Å². The summed E-state index contributed by atoms with van der Waals surface area (Å²) in [5, 5.41) is 2.96. The number of hydrogen-bond acceptors (Lipinski definition) is 4. The minimum atomic E-state index is -0.482. The molecule has 0 fully saturated rings. The number of anilines is 1. The summed E-state index contributed by atoms with van der Waals surface area (Å²) < 4.78 is 10.8. The number of aliphatic imine (C=N–C) groups is 1. The zero-order valence-electron chi connectivity index (χ0n) is 15.0. The van der Waals surface area contributed by atoms with E-state index in [1.807, 2.05) is 58.9 Å². The van der Waals surface area contributed by atoms with Crippen LogP contribution in [0.5, 0.6) is 5.75 Å². The van der Waals surface area contributed by atoms with Gasteiger partial charge in [-0.1, -0.05) is 0 Å². The van der Waals surface area contributed by atoms with E-state index in [9.17, 15) is 4.79 Å². The number of nitrogens with two attached hydrogens (primary N) is 1. The van der Waals surface area contributed by atoms with E-state index in [0.717, 1.165) is 11.4 Å². The lowest BCUT2D eigenvalue weighted by Crippen LogP contribution is -2.25. The number of esters is 1. The van der Waals surface area contributed by atoms with Gasteiger partial charge < -0.3 is 20.5 Å². The molecule has 136 valence electrons. The maximum atomic E-state index is 11.6. The average molecular weight is 449 g/mol. The van der Waals surface area contributed by atoms with Crippen LogP contribution in [0.1, 0.15) is 41.0 Å². The second-order valence-electron chi connectivity index (χ2n) is 6.42. The molecule has 6 nitrogen and oxygen atoms in total. The van der Waals surface area contributed by atoms with Crippen LogP contribution < -0.4 is 15.8 Å². The van der Waals surface area contributed by atoms with Crippen molar-refractivity contribution in [3.8, 4) is 5.75 Å². The van der Waals surface area contributed by atoms with E-state index in [2.05, 4.69) is 10.3 Å². The first-order chi connectivity index (χ1) is 10.7. The highest BCUT2D eigenvalue weighted by Crippen LogP contribution is 2.16. The van der Waals surface area contributed by atoms with Crippen molar-refractivity contribution in [2.75, 3.05) is 11.9 Å². The number of nitrogens with zero attached hydrogens (tertiary/aromatic N) is 1. The van der Waals surface area contributed by atoms with Gasteiger partial charge in [-0.25, -0.2) is 0 Å². The molecule has 0 heterocycles. The molecule has 0 aliphatic heterocycles. The second-order valence-corrected chi connectivity index (χ2v) is 6.42. The predicted octanol–water partition coefficient (Wildman–Crippen LogP) is 3.55. The Morgan fingerprint density at radius 3 is 2.33 bits per heavy atom. The maximum Gasteiger partial charge on any atom is 0.308 e. The molecule has 3 N–H and O–H groups in total. The van der Waals surface area contributed by atoms with Crippen molar-refractivity contribution in [1.82, 2.24) is 0 Å². The first-order valence-electron chi connectivity index (χ1n) is 7.71. The monoisotopic (exact) mass is 449 g/mol. The summed E-state index contributed by atoms with van der Waals surface area (Å²) in [7, 11) is 0. The van der Waals surface area contributed by atoms with Gasteiger partial charge in [-0.2, -0.15) is 0 Å². The number of carbonyl (C=O) groups is 1. The first-order valence-corrected chi connectivity index (χ1v) is 7.71. The molecule has 24 heavy (non-hydrogen) atoms. The Kier molecular flexibility index (Phi) is 9.72. The highest BCUT2D eigenvalue weighted by molar-refractivity contribution is 14.0. The lowest BCUT2D eigenvalue weighted by atomic mass is 10.2. The normalized spacial score (nSPS) is 11.7. The van der Waals surface area contributed by atoms with Gasteiger partial charge in [0.1, 0.15) is 11.4 Å². The van der Waals surface area contributed by atoms with Crippen LogP contribution in [0.4, 0.5) is 5.69 Å². The van der Waals surface area contributed by atoms with Gasteiger partial charge in [0.2, 0.25) is 0 Å². The van der Waals surface area contributed by atoms with Gasteiger partial charge in [0.15, 0.2) is 5.96 Å². The van der Waals surface area contributed by atoms with Crippen molar-refractivity contribution in [1.29, 1.82) is 0 Å². The molecule has 1 aromatic rings. The number of guanidine groups is 1. The molecular formula is C17H28IN3O3. The van der Waals surface area contributed by atoms with E-state index in [0.29, 0.717) is 0 Å². The van der Waals surface area contributed by atoms with Crippen LogP contribution in [0, 0.1) is 0 Å². The molecule has 7 heteroatoms. The van der Waals surface area contributed by atoms with Gasteiger partial charge in [0, 0.05) is 5.69 Å². The number of ether oxygens (including phenoxy) is 2. The van der Waals surface area contributed by atoms with Crippen molar-refractivity contribution in [3.05, 3.63) is 24.3 Å². The van der Waals surface area contributed by atoms with Crippen LogP contribution >= 0.6 is 24.0 Å². The van der Waals surface area contributed by atoms with Crippen LogP contribution in [0.2, 0.25) is 0 Å². The minimum Gasteiger partial charge on any atom is -0.491 e. The Hall–Kier alpha value is -1.51. The molecule has 0 atom stereocenters. The van der Waals surface area contributed by atoms with Crippen molar-refractivity contribution < 1.29 is 14.3 Å². The molecule has 0 bridgehead atoms. The Morgan fingerprint density at radius 2 is 1.83 bits per heavy atom. The van der Waals surface area contributed by atoms with Gasteiger partial charge >= 0.3 is 5.97 Å². The van der Waals surface area contributed by atoms with E-state index in [1.54, 1.807) is 0 Å². The molecule has 0 spiro atoms. The zero-order chi connectivity index (χ0) is 17.5. The minimum absolute atomic E-state index is 0. The summed E-state index contributed by atoms with van der Waals surface area (Å²) in [5.41, 5.74) is 6.12. The number of nitrogens with one attached hydrogen (secondary N) is 1. The summed E-state index contributed by atoms with van der Waals surface area (Å²) >= 11 is 0. The standard InChI is InChI=1S/C17H27N3O3.HI/c1-12(2)22-14-8-6-13(7-9-14)20-16(18)19-11-10-15(21)23-17(3,4)5;/h6-9,12H,10-11H2,1-5H3,(H3,18,19,20);1H. The Balaban J connectivity index is 0.00000529. The zero-order valence-corrected chi connectivity index (χ0v) is 17.3. The summed E-state index contributed by atoms with van der Waals surface area (Å²) in [5.74, 6) is 0.765. The van der Waals surface area contributed by atoms with E-state index in [4.69, 9.17) is 15.2 Å². The molecule has 0 aliphatic carbocycles. The molecular weight excluding hydrogens is 421 g/mol. The average Bonchev–Trinajstić information content (AvgIpc) is 2.38. The quantitative estimate of drug-likeness (QED) is 0.300. The summed E-state index contributed by atoms with van der Waals surface area (Å²) in [4.78, 5) is 15.7. The molecule has 0 aliphatic rings. The highest BCUT2D eigenvalue weighted by atomic mass is 127. The number of rotatable bonds is 6. The molecule has 0 amide bonds. The molecule has 1 rings (SSSR count). The van der Waals surface area contributed by atoms with Crippen molar-refractivity contribution in [3.63, 3.8) is 0 Å². The van der Waals surface area contributed by atoms with Gasteiger partial charge in [0.25, 0.3) is 0 Å². The van der Waals surface area contributed by atoms with Crippen LogP contribution in [-0.2, 0) is 9.53 Å². The van der Waals surface area contributed by atoms with Gasteiger partial charge in [0.05, 0.1) is 19.1 Å². The number of hydrogen-bond donors (Lipinski definition) is 2. The fraction of sp³-hybridized carbons (Fsp3) is 0.529. The number of carbonyl (C=O) groups excluding carboxylic acids is 1. The maximum absolute atomic E-state index is 11.6. The van der Waals surface area contributed by atoms with Gasteiger partial charge in [-0.05, 0) is 58.9 Å². The van der Waals surface area contributed by atoms with E-state index >= 15 is 0 Å². The third kappa shape index (κ3) is 10.3. The smallest absolute Gasteiger partial charge is 0.308 e. The van der Waals surface area contributed by atoms with Gasteiger partial charge in [-0.15, -0.1) is 24.0 Å². The van der Waals surface area contributed by atoms with Crippen LogP contribution in [0.3, 0.4) is 0 Å². The Labute approximate surface area is 161 Å². The summed E-state index contributed by atoms with van der Waals surface area (Å²) in [6.45, 7) is 9.72. The molecule has 0 aromatic heterocycles. The Morgan fingerprint density at radius 1 is 1.25 bits per heavy atom. The van der Waals surface area contributed by atoms with E-state index < -0.39 is 5.60 Å². The Bertz CT molecular complexity index is 537. The van der Waals surface area contributed by atoms with E-state index in [-0.39, 0.29) is 55.0 Å². The van der Waals surface area contributed by atoms with Crippen LogP contribution in [0.15, 0.2) is 29.3 Å². The molecule has 1 aromatic carbocycles. The number of halogens is 1. The predicted molar refractivity (Wildman–Crippen MR) is 108 cm³/mol. The summed E-state index contributed by atoms with van der Waals surface area (Å²) in [6.07, 6.45) is 0.328. The van der Waals surface area contributed by atoms with Crippen molar-refractivity contribution in [2.24, 2.45) is 10.7 Å². The van der Waals surface area contributed by atoms with Crippen LogP contribution in [-0.4, -0.2) is 30.2 Å². The molecule has 0 saturated heterocycles. The third-order valence-corrected chi connectivity index (χ3v) is 2.52. The molecule has 0 unspecified atom stereocenters. The molecule has 0 radical (unpaired) electrons. The SMILES string of the molecule is CC(C)Oc1ccc(NC(N)=NCCC(=O)OC(C)(C)C)cc1.I. The highest BCUT2D eigenvalue weighted by Gasteiger charge is 2.15. The third-order valence-electron chi connectivity index (χ3n) is 2.52. The fourth-order valence-electron chi connectivity index (χ4n) is 1.74. The fourth-order valence-corrected chi connectivity index (χ4v) is 1.74. The first kappa shape index (κ1) is 22.5. The van der Waals surface area contributed by atoms with Gasteiger partial charge in [-0.3, -0.25) is 9.79 Å². The largest absolute Gasteiger partial charge is 0.491 e. The lowest BCUT2D eigenvalue weighted by Gasteiger charge is -2.19.